The summed E-state index contributed by atoms with van der Waals surface area (Å²) in [6.45, 7) is 0. The minimum absolute atomic E-state index is 0.268. The fraction of sp³-hybridized carbons (Fsp3) is 0.0370. The number of rotatable bonds is 5. The molecule has 0 N–H and O–H groups in total. The van der Waals surface area contributed by atoms with E-state index in [1.165, 1.54) is 98.8 Å². The number of para-hydroxylation sites is 4. The summed E-state index contributed by atoms with van der Waals surface area (Å²) in [7, 11) is 0. The Kier molecular flexibility index (Phi) is 7.05. The maximum Gasteiger partial charge on any atom is 0.0542 e. The van der Waals surface area contributed by atoms with Crippen LogP contribution in [0.25, 0.3) is 94.9 Å². The standard InChI is InChI=1S/C54H37N3/c1-3-13-36(14-4-1)37-23-27-41(28-24-37)56-49-20-10-7-17-43(49)46-33-38(25-30-52(46)56)39-26-31-53-47(34-39)44-18-8-12-22-51(44)57(53)42-29-32-54-48(35-42)45-19-9-11-21-50(45)55(54)40-15-5-2-6-16-40/h1-24,26-35,38H,25H2. The highest BCUT2D eigenvalue weighted by Gasteiger charge is 2.20. The summed E-state index contributed by atoms with van der Waals surface area (Å²) in [5.41, 5.74) is 13.5. The second kappa shape index (κ2) is 12.6. The molecule has 8 aromatic carbocycles. The molecule has 1 aliphatic rings. The topological polar surface area (TPSA) is 14.8 Å². The highest BCUT2D eigenvalue weighted by Crippen LogP contribution is 2.38. The third-order valence-electron chi connectivity index (χ3n) is 12.2. The molecule has 1 atom stereocenters. The van der Waals surface area contributed by atoms with Crippen LogP contribution in [-0.2, 0) is 0 Å². The van der Waals surface area contributed by atoms with Gasteiger partial charge >= 0.3 is 0 Å². The summed E-state index contributed by atoms with van der Waals surface area (Å²) >= 11 is 0. The fourth-order valence-corrected chi connectivity index (χ4v) is 9.57. The van der Waals surface area contributed by atoms with Crippen LogP contribution in [0.15, 0.2) is 194 Å². The molecule has 0 amide bonds. The lowest BCUT2D eigenvalue weighted by Crippen LogP contribution is -2.31. The lowest BCUT2D eigenvalue weighted by Gasteiger charge is -2.16. The number of nitrogens with zero attached hydrogens (tertiary/aromatic N) is 3. The predicted octanol–water partition coefficient (Wildman–Crippen LogP) is 12.2. The fourth-order valence-electron chi connectivity index (χ4n) is 9.57. The quantitative estimate of drug-likeness (QED) is 0.168. The van der Waals surface area contributed by atoms with Crippen molar-refractivity contribution in [3.05, 3.63) is 210 Å². The molecule has 0 aliphatic heterocycles. The minimum atomic E-state index is 0.268. The van der Waals surface area contributed by atoms with Gasteiger partial charge in [0.1, 0.15) is 0 Å². The number of fused-ring (bicyclic) bond motifs is 9. The summed E-state index contributed by atoms with van der Waals surface area (Å²) in [6.07, 6.45) is 5.92. The average Bonchev–Trinajstić information content (AvgIpc) is 3.92. The van der Waals surface area contributed by atoms with Crippen LogP contribution in [0.5, 0.6) is 0 Å². The molecule has 1 unspecified atom stereocenters. The summed E-state index contributed by atoms with van der Waals surface area (Å²) in [5.74, 6) is 0.268. The molecule has 3 aromatic heterocycles. The van der Waals surface area contributed by atoms with Gasteiger partial charge in [-0.2, -0.15) is 0 Å². The zero-order valence-electron chi connectivity index (χ0n) is 31.3. The largest absolute Gasteiger partial charge is 0.310 e. The molecular weight excluding hydrogens is 691 g/mol. The van der Waals surface area contributed by atoms with Crippen LogP contribution in [0.2, 0.25) is 0 Å². The number of aromatic nitrogens is 3. The Labute approximate surface area is 329 Å². The maximum absolute atomic E-state index is 2.52. The first kappa shape index (κ1) is 31.9. The van der Waals surface area contributed by atoms with E-state index in [2.05, 4.69) is 220 Å². The van der Waals surface area contributed by atoms with Crippen LogP contribution >= 0.6 is 0 Å². The molecule has 0 fully saturated rings. The summed E-state index contributed by atoms with van der Waals surface area (Å²) in [5, 5.41) is 8.97. The Balaban J connectivity index is 0.981. The van der Waals surface area contributed by atoms with E-state index in [1.54, 1.807) is 0 Å². The number of benzene rings is 8. The van der Waals surface area contributed by atoms with Gasteiger partial charge in [-0.15, -0.1) is 0 Å². The Morgan fingerprint density at radius 1 is 0.351 bits per heavy atom. The van der Waals surface area contributed by atoms with Gasteiger partial charge in [0.2, 0.25) is 0 Å². The Morgan fingerprint density at radius 3 is 1.54 bits per heavy atom. The van der Waals surface area contributed by atoms with Crippen molar-refractivity contribution < 1.29 is 0 Å². The number of hydrogen-bond donors (Lipinski definition) is 0. The molecule has 0 saturated carbocycles. The molecule has 57 heavy (non-hydrogen) atoms. The van der Waals surface area contributed by atoms with Gasteiger partial charge in [-0.25, -0.2) is 0 Å². The van der Waals surface area contributed by atoms with Crippen LogP contribution in [0.3, 0.4) is 0 Å². The van der Waals surface area contributed by atoms with Gasteiger partial charge in [0.25, 0.3) is 0 Å². The molecule has 12 rings (SSSR count). The van der Waals surface area contributed by atoms with Crippen molar-refractivity contribution in [2.24, 2.45) is 0 Å². The highest BCUT2D eigenvalue weighted by molar-refractivity contribution is 6.12. The minimum Gasteiger partial charge on any atom is -0.310 e. The second-order valence-corrected chi connectivity index (χ2v) is 15.3. The average molecular weight is 728 g/mol. The van der Waals surface area contributed by atoms with Gasteiger partial charge < -0.3 is 13.7 Å². The molecule has 0 spiro atoms. The normalized spacial score (nSPS) is 14.0. The first-order valence-corrected chi connectivity index (χ1v) is 19.9. The maximum atomic E-state index is 2.52. The highest BCUT2D eigenvalue weighted by atomic mass is 15.0. The van der Waals surface area contributed by atoms with Crippen LogP contribution < -0.4 is 10.6 Å². The molecule has 3 heteroatoms. The molecule has 1 aliphatic carbocycles. The van der Waals surface area contributed by atoms with E-state index in [9.17, 15) is 0 Å². The van der Waals surface area contributed by atoms with Gasteiger partial charge in [0.05, 0.1) is 27.6 Å². The van der Waals surface area contributed by atoms with Gasteiger partial charge in [0.15, 0.2) is 0 Å². The van der Waals surface area contributed by atoms with Crippen molar-refractivity contribution in [2.75, 3.05) is 0 Å². The van der Waals surface area contributed by atoms with Gasteiger partial charge in [-0.05, 0) is 95.9 Å². The summed E-state index contributed by atoms with van der Waals surface area (Å²) in [6, 6.07) is 70.9. The van der Waals surface area contributed by atoms with Crippen molar-refractivity contribution >= 4 is 66.7 Å². The molecule has 0 bridgehead atoms. The van der Waals surface area contributed by atoms with E-state index >= 15 is 0 Å². The Morgan fingerprint density at radius 2 is 0.842 bits per heavy atom. The number of hydrogen-bond acceptors (Lipinski definition) is 0. The molecule has 11 aromatic rings. The lowest BCUT2D eigenvalue weighted by molar-refractivity contribution is 0.909. The molecule has 3 heterocycles. The van der Waals surface area contributed by atoms with E-state index in [-0.39, 0.29) is 5.92 Å². The summed E-state index contributed by atoms with van der Waals surface area (Å²) < 4.78 is 7.28. The van der Waals surface area contributed by atoms with E-state index in [1.807, 2.05) is 0 Å². The third kappa shape index (κ3) is 4.92. The van der Waals surface area contributed by atoms with Gasteiger partial charge in [-0.3, -0.25) is 0 Å². The third-order valence-corrected chi connectivity index (χ3v) is 12.2. The molecule has 268 valence electrons. The van der Waals surface area contributed by atoms with Crippen molar-refractivity contribution in [1.29, 1.82) is 0 Å². The van der Waals surface area contributed by atoms with Crippen molar-refractivity contribution in [2.45, 2.75) is 12.3 Å². The molecule has 3 nitrogen and oxygen atoms in total. The Bertz CT molecular complexity index is 3470. The smallest absolute Gasteiger partial charge is 0.0542 e. The SMILES string of the molecule is C1=c2c(n(-c3ccc(-c4ccccc4)cc3)c3ccccc23)=CCC1c1ccc2c(c1)c1ccccc1n2-c1ccc2c(c1)c1ccccc1n2-c1ccccc1. The zero-order chi connectivity index (χ0) is 37.5. The van der Waals surface area contributed by atoms with E-state index in [4.69, 9.17) is 0 Å². The first-order chi connectivity index (χ1) is 28.3. The summed E-state index contributed by atoms with van der Waals surface area (Å²) in [4.78, 5) is 0. The predicted molar refractivity (Wildman–Crippen MR) is 239 cm³/mol. The van der Waals surface area contributed by atoms with Crippen molar-refractivity contribution in [1.82, 2.24) is 13.7 Å². The van der Waals surface area contributed by atoms with Crippen molar-refractivity contribution in [3.8, 4) is 28.2 Å². The first-order valence-electron chi connectivity index (χ1n) is 19.9. The van der Waals surface area contributed by atoms with Crippen LogP contribution in [0.1, 0.15) is 17.9 Å². The zero-order valence-corrected chi connectivity index (χ0v) is 31.3. The molecule has 0 radical (unpaired) electrons. The van der Waals surface area contributed by atoms with E-state index in [0.717, 1.165) is 6.42 Å². The van der Waals surface area contributed by atoms with E-state index in [0.29, 0.717) is 0 Å². The lowest BCUT2D eigenvalue weighted by atomic mass is 9.90. The van der Waals surface area contributed by atoms with Crippen LogP contribution in [0.4, 0.5) is 0 Å². The van der Waals surface area contributed by atoms with Crippen LogP contribution in [-0.4, -0.2) is 13.7 Å². The molecule has 0 saturated heterocycles. The van der Waals surface area contributed by atoms with E-state index < -0.39 is 0 Å². The van der Waals surface area contributed by atoms with Gasteiger partial charge in [-0.1, -0.05) is 133 Å². The second-order valence-electron chi connectivity index (χ2n) is 15.3. The molecular formula is C54H37N3. The Hall–Kier alpha value is -7.36. The van der Waals surface area contributed by atoms with Crippen LogP contribution in [0, 0.1) is 0 Å². The van der Waals surface area contributed by atoms with Crippen molar-refractivity contribution in [3.63, 3.8) is 0 Å². The monoisotopic (exact) mass is 727 g/mol. The van der Waals surface area contributed by atoms with Gasteiger partial charge in [0, 0.05) is 60.5 Å².